The minimum atomic E-state index is -4.64. The lowest BCUT2D eigenvalue weighted by molar-refractivity contribution is -0.141. The summed E-state index contributed by atoms with van der Waals surface area (Å²) in [7, 11) is 2.04. The summed E-state index contributed by atoms with van der Waals surface area (Å²) < 4.78 is 52.0. The van der Waals surface area contributed by atoms with E-state index < -0.39 is 11.9 Å². The molecule has 2 aliphatic rings. The Morgan fingerprint density at radius 1 is 1.16 bits per heavy atom. The van der Waals surface area contributed by atoms with Gasteiger partial charge in [0.05, 0.1) is 23.8 Å². The Bertz CT molecular complexity index is 984. The molecule has 3 heterocycles. The molecule has 7 nitrogen and oxygen atoms in total. The molecule has 2 aliphatic heterocycles. The van der Waals surface area contributed by atoms with Crippen molar-refractivity contribution in [3.05, 3.63) is 41.6 Å². The molecule has 0 radical (unpaired) electrons. The Labute approximate surface area is 178 Å². The highest BCUT2D eigenvalue weighted by molar-refractivity contribution is 5.40. The van der Waals surface area contributed by atoms with Gasteiger partial charge in [-0.1, -0.05) is 6.07 Å². The number of hydrogen-bond acceptors (Lipinski definition) is 7. The third-order valence-electron chi connectivity index (χ3n) is 5.56. The number of anilines is 1. The maximum Gasteiger partial charge on any atom is 0.433 e. The lowest BCUT2D eigenvalue weighted by Crippen LogP contribution is -2.56. The van der Waals surface area contributed by atoms with Crippen LogP contribution in [0.4, 0.5) is 19.1 Å². The lowest BCUT2D eigenvalue weighted by Gasteiger charge is -2.46. The van der Waals surface area contributed by atoms with Gasteiger partial charge in [0.15, 0.2) is 5.69 Å². The maximum atomic E-state index is 13.5. The van der Waals surface area contributed by atoms with Crippen LogP contribution in [-0.2, 0) is 10.9 Å². The minimum Gasteiger partial charge on any atom is -0.439 e. The van der Waals surface area contributed by atoms with Gasteiger partial charge in [-0.2, -0.15) is 23.4 Å². The van der Waals surface area contributed by atoms with Crippen molar-refractivity contribution in [3.8, 4) is 17.7 Å². The number of hydrogen-bond donors (Lipinski definition) is 0. The lowest BCUT2D eigenvalue weighted by atomic mass is 9.89. The van der Waals surface area contributed by atoms with Gasteiger partial charge in [-0.05, 0) is 38.1 Å². The van der Waals surface area contributed by atoms with Crippen molar-refractivity contribution in [2.24, 2.45) is 0 Å². The first-order chi connectivity index (χ1) is 14.8. The third kappa shape index (κ3) is 4.89. The summed E-state index contributed by atoms with van der Waals surface area (Å²) in [6, 6.07) is 8.90. The molecule has 0 saturated carbocycles. The van der Waals surface area contributed by atoms with Crippen LogP contribution >= 0.6 is 0 Å². The average molecular weight is 433 g/mol. The molecule has 4 rings (SSSR count). The van der Waals surface area contributed by atoms with Crippen LogP contribution in [0.2, 0.25) is 0 Å². The van der Waals surface area contributed by atoms with Crippen LogP contribution in [0.25, 0.3) is 0 Å². The number of rotatable bonds is 3. The van der Waals surface area contributed by atoms with Crippen LogP contribution in [0.1, 0.15) is 24.1 Å². The quantitative estimate of drug-likeness (QED) is 0.734. The number of morpholine rings is 1. The first-order valence-corrected chi connectivity index (χ1v) is 9.98. The van der Waals surface area contributed by atoms with Gasteiger partial charge in [-0.15, -0.1) is 0 Å². The Morgan fingerprint density at radius 2 is 1.94 bits per heavy atom. The Kier molecular flexibility index (Phi) is 5.73. The zero-order chi connectivity index (χ0) is 22.1. The molecule has 164 valence electrons. The maximum absolute atomic E-state index is 13.5. The third-order valence-corrected chi connectivity index (χ3v) is 5.56. The van der Waals surface area contributed by atoms with Crippen molar-refractivity contribution in [1.82, 2.24) is 14.9 Å². The van der Waals surface area contributed by atoms with Crippen molar-refractivity contribution >= 4 is 5.95 Å². The highest BCUT2D eigenvalue weighted by Crippen LogP contribution is 2.35. The standard InChI is InChI=1S/C21H22F3N5O2/c1-28-9-10-30-20(14-28)5-7-29(8-6-20)19-26-17(21(22,23)24)12-18(27-19)31-16-4-2-3-15(11-16)13-25/h2-4,11-12H,5-10,14H2,1H3. The van der Waals surface area contributed by atoms with Crippen molar-refractivity contribution in [3.63, 3.8) is 0 Å². The van der Waals surface area contributed by atoms with Crippen LogP contribution < -0.4 is 9.64 Å². The minimum absolute atomic E-state index is 0.0275. The first kappa shape index (κ1) is 21.3. The molecule has 1 aromatic heterocycles. The van der Waals surface area contributed by atoms with Crippen molar-refractivity contribution < 1.29 is 22.6 Å². The predicted octanol–water partition coefficient (Wildman–Crippen LogP) is 3.46. The second kappa shape index (κ2) is 8.32. The van der Waals surface area contributed by atoms with Crippen molar-refractivity contribution in [2.75, 3.05) is 44.7 Å². The first-order valence-electron chi connectivity index (χ1n) is 9.98. The van der Waals surface area contributed by atoms with E-state index in [9.17, 15) is 13.2 Å². The highest BCUT2D eigenvalue weighted by atomic mass is 19.4. The highest BCUT2D eigenvalue weighted by Gasteiger charge is 2.40. The smallest absolute Gasteiger partial charge is 0.433 e. The van der Waals surface area contributed by atoms with E-state index >= 15 is 0 Å². The van der Waals surface area contributed by atoms with Gasteiger partial charge >= 0.3 is 6.18 Å². The topological polar surface area (TPSA) is 74.5 Å². The fourth-order valence-electron chi connectivity index (χ4n) is 3.95. The van der Waals surface area contributed by atoms with Crippen LogP contribution in [0.3, 0.4) is 0 Å². The predicted molar refractivity (Wildman–Crippen MR) is 106 cm³/mol. The van der Waals surface area contributed by atoms with Crippen molar-refractivity contribution in [2.45, 2.75) is 24.6 Å². The zero-order valence-corrected chi connectivity index (χ0v) is 17.0. The number of nitrogens with zero attached hydrogens (tertiary/aromatic N) is 5. The summed E-state index contributed by atoms with van der Waals surface area (Å²) in [5.41, 5.74) is -1.01. The molecule has 1 spiro atoms. The fraction of sp³-hybridized carbons (Fsp3) is 0.476. The molecular formula is C21H22F3N5O2. The van der Waals surface area contributed by atoms with E-state index in [0.29, 0.717) is 38.1 Å². The Morgan fingerprint density at radius 3 is 2.61 bits per heavy atom. The van der Waals surface area contributed by atoms with Gasteiger partial charge in [0, 0.05) is 32.2 Å². The molecule has 2 saturated heterocycles. The number of nitriles is 1. The molecule has 0 aliphatic carbocycles. The largest absolute Gasteiger partial charge is 0.439 e. The molecule has 0 amide bonds. The van der Waals surface area contributed by atoms with Gasteiger partial charge < -0.3 is 19.3 Å². The second-order valence-corrected chi connectivity index (χ2v) is 7.89. The number of benzene rings is 1. The molecule has 1 aromatic carbocycles. The van der Waals surface area contributed by atoms with E-state index in [0.717, 1.165) is 19.2 Å². The molecule has 0 unspecified atom stereocenters. The molecule has 0 atom stereocenters. The van der Waals surface area contributed by atoms with E-state index in [2.05, 4.69) is 14.9 Å². The van der Waals surface area contributed by atoms with Crippen LogP contribution in [0.15, 0.2) is 30.3 Å². The fourth-order valence-corrected chi connectivity index (χ4v) is 3.95. The SMILES string of the molecule is CN1CCOC2(CCN(c3nc(Oc4cccc(C#N)c4)cc(C(F)(F)F)n3)CC2)C1. The molecule has 2 aromatic rings. The van der Waals surface area contributed by atoms with Gasteiger partial charge in [0.2, 0.25) is 11.8 Å². The van der Waals surface area contributed by atoms with E-state index in [1.54, 1.807) is 23.1 Å². The number of likely N-dealkylation sites (N-methyl/N-ethyl adjacent to an activating group) is 1. The van der Waals surface area contributed by atoms with E-state index in [1.807, 2.05) is 13.1 Å². The van der Waals surface area contributed by atoms with E-state index in [4.69, 9.17) is 14.7 Å². The molecule has 2 fully saturated rings. The molecule has 0 N–H and O–H groups in total. The van der Waals surface area contributed by atoms with Gasteiger partial charge in [-0.25, -0.2) is 4.98 Å². The number of aromatic nitrogens is 2. The summed E-state index contributed by atoms with van der Waals surface area (Å²) in [5, 5.41) is 9.01. The van der Waals surface area contributed by atoms with Crippen LogP contribution in [0.5, 0.6) is 11.6 Å². The Hall–Kier alpha value is -2.90. The second-order valence-electron chi connectivity index (χ2n) is 7.89. The zero-order valence-electron chi connectivity index (χ0n) is 17.0. The summed E-state index contributed by atoms with van der Waals surface area (Å²) in [4.78, 5) is 11.9. The van der Waals surface area contributed by atoms with E-state index in [-0.39, 0.29) is 23.2 Å². The Balaban J connectivity index is 1.57. The van der Waals surface area contributed by atoms with Gasteiger partial charge in [-0.3, -0.25) is 0 Å². The number of halogens is 3. The molecular weight excluding hydrogens is 411 g/mol. The molecule has 10 heteroatoms. The van der Waals surface area contributed by atoms with Gasteiger partial charge in [0.25, 0.3) is 0 Å². The van der Waals surface area contributed by atoms with Crippen LogP contribution in [0, 0.1) is 11.3 Å². The molecule has 31 heavy (non-hydrogen) atoms. The van der Waals surface area contributed by atoms with Crippen molar-refractivity contribution in [1.29, 1.82) is 5.26 Å². The summed E-state index contributed by atoms with van der Waals surface area (Å²) >= 11 is 0. The van der Waals surface area contributed by atoms with Gasteiger partial charge in [0.1, 0.15) is 5.75 Å². The molecule has 0 bridgehead atoms. The summed E-state index contributed by atoms with van der Waals surface area (Å²) in [6.45, 7) is 3.29. The number of alkyl halides is 3. The summed E-state index contributed by atoms with van der Waals surface area (Å²) in [5.74, 6) is -0.0188. The van der Waals surface area contributed by atoms with Crippen LogP contribution in [-0.4, -0.2) is 60.3 Å². The normalized spacial score (nSPS) is 19.3. The monoisotopic (exact) mass is 433 g/mol. The number of ether oxygens (including phenoxy) is 2. The summed E-state index contributed by atoms with van der Waals surface area (Å²) in [6.07, 6.45) is -3.29. The average Bonchev–Trinajstić information content (AvgIpc) is 2.73. The number of piperidine rings is 1. The van der Waals surface area contributed by atoms with E-state index in [1.165, 1.54) is 6.07 Å².